The van der Waals surface area contributed by atoms with E-state index in [9.17, 15) is 10.1 Å². The van der Waals surface area contributed by atoms with Crippen molar-refractivity contribution in [2.75, 3.05) is 10.6 Å². The molecule has 6 nitrogen and oxygen atoms in total. The zero-order chi connectivity index (χ0) is 19.9. The van der Waals surface area contributed by atoms with Crippen molar-refractivity contribution >= 4 is 29.3 Å². The Labute approximate surface area is 163 Å². The van der Waals surface area contributed by atoms with Gasteiger partial charge in [-0.3, -0.25) is 4.79 Å². The Bertz CT molecular complexity index is 1030. The van der Waals surface area contributed by atoms with Crippen LogP contribution >= 0.6 is 0 Å². The molecule has 2 aromatic carbocycles. The van der Waals surface area contributed by atoms with E-state index < -0.39 is 5.91 Å². The van der Waals surface area contributed by atoms with E-state index in [1.54, 1.807) is 18.2 Å². The number of benzene rings is 2. The van der Waals surface area contributed by atoms with Crippen LogP contribution in [0.4, 0.5) is 17.3 Å². The van der Waals surface area contributed by atoms with Crippen molar-refractivity contribution in [3.05, 3.63) is 83.2 Å². The Hall–Kier alpha value is -3.98. The standard InChI is InChI=1S/C22H19N5O/c1-15-12-16(2)25-22(24-15)27-20-10-8-19(9-11-20)26-21(28)18(14-23)13-17-6-4-3-5-7-17/h3-13H,1-2H3,(H,26,28)(H,24,25,27)/b18-13+. The topological polar surface area (TPSA) is 90.7 Å². The molecule has 28 heavy (non-hydrogen) atoms. The van der Waals surface area contributed by atoms with Gasteiger partial charge in [-0.05, 0) is 55.8 Å². The van der Waals surface area contributed by atoms with Gasteiger partial charge in [-0.2, -0.15) is 5.26 Å². The van der Waals surface area contributed by atoms with E-state index >= 15 is 0 Å². The van der Waals surface area contributed by atoms with E-state index in [4.69, 9.17) is 0 Å². The molecule has 0 radical (unpaired) electrons. The Morgan fingerprint density at radius 3 is 2.18 bits per heavy atom. The number of hydrogen-bond donors (Lipinski definition) is 2. The van der Waals surface area contributed by atoms with Crippen LogP contribution in [0.25, 0.3) is 6.08 Å². The van der Waals surface area contributed by atoms with Crippen molar-refractivity contribution in [2.24, 2.45) is 0 Å². The zero-order valence-corrected chi connectivity index (χ0v) is 15.6. The molecule has 0 spiro atoms. The summed E-state index contributed by atoms with van der Waals surface area (Å²) in [6, 6.07) is 20.2. The molecule has 6 heteroatoms. The summed E-state index contributed by atoms with van der Waals surface area (Å²) < 4.78 is 0. The highest BCUT2D eigenvalue weighted by Crippen LogP contribution is 2.18. The Morgan fingerprint density at radius 2 is 1.57 bits per heavy atom. The number of anilines is 3. The lowest BCUT2D eigenvalue weighted by atomic mass is 10.1. The molecule has 0 saturated carbocycles. The number of nitriles is 1. The van der Waals surface area contributed by atoms with Crippen LogP contribution in [-0.4, -0.2) is 15.9 Å². The molecule has 138 valence electrons. The van der Waals surface area contributed by atoms with Crippen LogP contribution in [0.2, 0.25) is 0 Å². The molecule has 1 heterocycles. The third-order valence-corrected chi connectivity index (χ3v) is 3.86. The van der Waals surface area contributed by atoms with Crippen molar-refractivity contribution in [3.63, 3.8) is 0 Å². The van der Waals surface area contributed by atoms with Gasteiger partial charge in [0.05, 0.1) is 0 Å². The molecular weight excluding hydrogens is 350 g/mol. The van der Waals surface area contributed by atoms with Crippen LogP contribution in [0.3, 0.4) is 0 Å². The maximum atomic E-state index is 12.4. The molecule has 0 aliphatic heterocycles. The molecule has 3 aromatic rings. The average molecular weight is 369 g/mol. The average Bonchev–Trinajstić information content (AvgIpc) is 2.67. The molecule has 0 unspecified atom stereocenters. The van der Waals surface area contributed by atoms with Crippen LogP contribution in [-0.2, 0) is 4.79 Å². The summed E-state index contributed by atoms with van der Waals surface area (Å²) >= 11 is 0. The summed E-state index contributed by atoms with van der Waals surface area (Å²) in [6.07, 6.45) is 1.56. The maximum absolute atomic E-state index is 12.4. The number of nitrogens with one attached hydrogen (secondary N) is 2. The number of hydrogen-bond acceptors (Lipinski definition) is 5. The first-order valence-corrected chi connectivity index (χ1v) is 8.71. The van der Waals surface area contributed by atoms with E-state index in [-0.39, 0.29) is 5.57 Å². The second-order valence-corrected chi connectivity index (χ2v) is 6.21. The Kier molecular flexibility index (Phi) is 5.78. The van der Waals surface area contributed by atoms with Crippen LogP contribution < -0.4 is 10.6 Å². The summed E-state index contributed by atoms with van der Waals surface area (Å²) in [5.41, 5.74) is 3.98. The monoisotopic (exact) mass is 369 g/mol. The lowest BCUT2D eigenvalue weighted by molar-refractivity contribution is -0.112. The van der Waals surface area contributed by atoms with E-state index in [2.05, 4.69) is 20.6 Å². The minimum atomic E-state index is -0.454. The molecule has 0 aliphatic rings. The summed E-state index contributed by atoms with van der Waals surface area (Å²) in [7, 11) is 0. The quantitative estimate of drug-likeness (QED) is 0.514. The van der Waals surface area contributed by atoms with Gasteiger partial charge in [0, 0.05) is 22.8 Å². The maximum Gasteiger partial charge on any atom is 0.266 e. The summed E-state index contributed by atoms with van der Waals surface area (Å²) in [4.78, 5) is 21.0. The van der Waals surface area contributed by atoms with Gasteiger partial charge in [0.15, 0.2) is 0 Å². The van der Waals surface area contributed by atoms with Gasteiger partial charge in [-0.15, -0.1) is 0 Å². The first-order chi connectivity index (χ1) is 13.5. The van der Waals surface area contributed by atoms with Crippen molar-refractivity contribution < 1.29 is 4.79 Å². The highest BCUT2D eigenvalue weighted by Gasteiger charge is 2.09. The molecule has 0 atom stereocenters. The molecule has 0 saturated heterocycles. The molecule has 3 rings (SSSR count). The zero-order valence-electron chi connectivity index (χ0n) is 15.6. The van der Waals surface area contributed by atoms with Crippen molar-refractivity contribution in [2.45, 2.75) is 13.8 Å². The Balaban J connectivity index is 1.69. The fourth-order valence-corrected chi connectivity index (χ4v) is 2.61. The second-order valence-electron chi connectivity index (χ2n) is 6.21. The first-order valence-electron chi connectivity index (χ1n) is 8.71. The highest BCUT2D eigenvalue weighted by atomic mass is 16.1. The molecular formula is C22H19N5O. The Morgan fingerprint density at radius 1 is 0.964 bits per heavy atom. The lowest BCUT2D eigenvalue weighted by Crippen LogP contribution is -2.13. The molecule has 2 N–H and O–H groups in total. The number of carbonyl (C=O) groups is 1. The van der Waals surface area contributed by atoms with Crippen molar-refractivity contribution in [3.8, 4) is 6.07 Å². The predicted octanol–water partition coefficient (Wildman–Crippen LogP) is 4.38. The molecule has 0 aliphatic carbocycles. The highest BCUT2D eigenvalue weighted by molar-refractivity contribution is 6.09. The van der Waals surface area contributed by atoms with Gasteiger partial charge in [0.2, 0.25) is 5.95 Å². The van der Waals surface area contributed by atoms with Crippen LogP contribution in [0.1, 0.15) is 17.0 Å². The van der Waals surface area contributed by atoms with Gasteiger partial charge < -0.3 is 10.6 Å². The fraction of sp³-hybridized carbons (Fsp3) is 0.0909. The third kappa shape index (κ3) is 5.02. The number of nitrogens with zero attached hydrogens (tertiary/aromatic N) is 3. The van der Waals surface area contributed by atoms with Gasteiger partial charge in [-0.1, -0.05) is 30.3 Å². The smallest absolute Gasteiger partial charge is 0.266 e. The van der Waals surface area contributed by atoms with Crippen LogP contribution in [0.15, 0.2) is 66.2 Å². The SMILES string of the molecule is Cc1cc(C)nc(Nc2ccc(NC(=O)/C(C#N)=C/c3ccccc3)cc2)n1. The minimum absolute atomic E-state index is 0.0389. The number of carbonyl (C=O) groups excluding carboxylic acids is 1. The van der Waals surface area contributed by atoms with Crippen LogP contribution in [0, 0.1) is 25.2 Å². The fourth-order valence-electron chi connectivity index (χ4n) is 2.61. The molecule has 1 aromatic heterocycles. The second kappa shape index (κ2) is 8.60. The lowest BCUT2D eigenvalue weighted by Gasteiger charge is -2.08. The molecule has 0 fully saturated rings. The third-order valence-electron chi connectivity index (χ3n) is 3.86. The summed E-state index contributed by atoms with van der Waals surface area (Å²) in [6.45, 7) is 3.82. The van der Waals surface area contributed by atoms with E-state index in [0.717, 1.165) is 22.6 Å². The normalized spacial score (nSPS) is 10.8. The van der Waals surface area contributed by atoms with Gasteiger partial charge in [0.25, 0.3) is 5.91 Å². The van der Waals surface area contributed by atoms with Crippen molar-refractivity contribution in [1.29, 1.82) is 5.26 Å². The van der Waals surface area contributed by atoms with Gasteiger partial charge in [-0.25, -0.2) is 9.97 Å². The predicted molar refractivity (Wildman–Crippen MR) is 110 cm³/mol. The van der Waals surface area contributed by atoms with Gasteiger partial charge in [0.1, 0.15) is 11.6 Å². The number of rotatable bonds is 5. The van der Waals surface area contributed by atoms with Crippen molar-refractivity contribution in [1.82, 2.24) is 9.97 Å². The largest absolute Gasteiger partial charge is 0.324 e. The van der Waals surface area contributed by atoms with Gasteiger partial charge >= 0.3 is 0 Å². The number of aromatic nitrogens is 2. The summed E-state index contributed by atoms with van der Waals surface area (Å²) in [5.74, 6) is 0.0663. The van der Waals surface area contributed by atoms with E-state index in [1.807, 2.05) is 68.4 Å². The number of amides is 1. The van der Waals surface area contributed by atoms with E-state index in [1.165, 1.54) is 0 Å². The minimum Gasteiger partial charge on any atom is -0.324 e. The summed E-state index contributed by atoms with van der Waals surface area (Å²) in [5, 5.41) is 15.2. The first kappa shape index (κ1) is 18.8. The molecule has 1 amide bonds. The number of aryl methyl sites for hydroxylation is 2. The van der Waals surface area contributed by atoms with Crippen LogP contribution in [0.5, 0.6) is 0 Å². The van der Waals surface area contributed by atoms with E-state index in [0.29, 0.717) is 11.6 Å². The molecule has 0 bridgehead atoms.